The van der Waals surface area contributed by atoms with Crippen LogP contribution in [0.3, 0.4) is 0 Å². The Morgan fingerprint density at radius 3 is 2.70 bits per heavy atom. The standard InChI is InChI=1S/C21H15NO4S/c1-12-8-15(26-13(2)23)9-18-19(12)20(24)16(10-25-18)17-11-27-21(22-17)14-6-4-3-5-7-14/h3-11H,1-2H3. The summed E-state index contributed by atoms with van der Waals surface area (Å²) in [4.78, 5) is 28.8. The molecule has 0 amide bonds. The number of fused-ring (bicyclic) bond motifs is 1. The number of carbonyl (C=O) groups is 1. The van der Waals surface area contributed by atoms with Gasteiger partial charge >= 0.3 is 5.97 Å². The van der Waals surface area contributed by atoms with Crippen molar-refractivity contribution in [3.63, 3.8) is 0 Å². The molecule has 0 aliphatic rings. The van der Waals surface area contributed by atoms with Crippen LogP contribution in [0.4, 0.5) is 0 Å². The predicted octanol–water partition coefficient (Wildman–Crippen LogP) is 4.82. The van der Waals surface area contributed by atoms with E-state index in [4.69, 9.17) is 9.15 Å². The Morgan fingerprint density at radius 1 is 1.19 bits per heavy atom. The first kappa shape index (κ1) is 17.2. The summed E-state index contributed by atoms with van der Waals surface area (Å²) in [5, 5.41) is 3.15. The lowest BCUT2D eigenvalue weighted by molar-refractivity contribution is -0.131. The molecule has 6 heteroatoms. The van der Waals surface area contributed by atoms with Crippen LogP contribution in [0.15, 0.2) is 63.3 Å². The van der Waals surface area contributed by atoms with Gasteiger partial charge in [0.15, 0.2) is 0 Å². The van der Waals surface area contributed by atoms with Gasteiger partial charge in [-0.25, -0.2) is 4.98 Å². The maximum atomic E-state index is 13.0. The van der Waals surface area contributed by atoms with Gasteiger partial charge in [-0.15, -0.1) is 11.3 Å². The van der Waals surface area contributed by atoms with Gasteiger partial charge in [0.05, 0.1) is 16.6 Å². The lowest BCUT2D eigenvalue weighted by Crippen LogP contribution is -2.08. The second-order valence-electron chi connectivity index (χ2n) is 6.09. The Labute approximate surface area is 158 Å². The van der Waals surface area contributed by atoms with E-state index in [-0.39, 0.29) is 5.43 Å². The molecular weight excluding hydrogens is 362 g/mol. The molecule has 0 atom stereocenters. The highest BCUT2D eigenvalue weighted by molar-refractivity contribution is 7.13. The van der Waals surface area contributed by atoms with Gasteiger partial charge in [-0.05, 0) is 18.6 Å². The fourth-order valence-corrected chi connectivity index (χ4v) is 3.76. The molecule has 4 rings (SSSR count). The van der Waals surface area contributed by atoms with Gasteiger partial charge in [-0.2, -0.15) is 0 Å². The van der Waals surface area contributed by atoms with Gasteiger partial charge in [0.25, 0.3) is 0 Å². The number of hydrogen-bond donors (Lipinski definition) is 0. The molecule has 2 aromatic carbocycles. The molecule has 0 saturated heterocycles. The number of carbonyl (C=O) groups excluding carboxylic acids is 1. The maximum Gasteiger partial charge on any atom is 0.308 e. The van der Waals surface area contributed by atoms with Crippen molar-refractivity contribution in [1.29, 1.82) is 0 Å². The van der Waals surface area contributed by atoms with Gasteiger partial charge in [0, 0.05) is 23.9 Å². The lowest BCUT2D eigenvalue weighted by atomic mass is 10.1. The summed E-state index contributed by atoms with van der Waals surface area (Å²) in [6, 6.07) is 13.0. The quantitative estimate of drug-likeness (QED) is 0.378. The topological polar surface area (TPSA) is 69.4 Å². The molecule has 0 radical (unpaired) electrons. The monoisotopic (exact) mass is 377 g/mol. The third-order valence-corrected chi connectivity index (χ3v) is 5.00. The van der Waals surface area contributed by atoms with Crippen molar-refractivity contribution < 1.29 is 13.9 Å². The van der Waals surface area contributed by atoms with E-state index >= 15 is 0 Å². The van der Waals surface area contributed by atoms with Gasteiger partial charge < -0.3 is 9.15 Å². The SMILES string of the molecule is CC(=O)Oc1cc(C)c2c(=O)c(-c3csc(-c4ccccc4)n3)coc2c1. The fourth-order valence-electron chi connectivity index (χ4n) is 2.93. The van der Waals surface area contributed by atoms with E-state index in [1.807, 2.05) is 35.7 Å². The second kappa shape index (κ2) is 6.81. The third-order valence-electron chi connectivity index (χ3n) is 4.11. The molecule has 0 unspecified atom stereocenters. The summed E-state index contributed by atoms with van der Waals surface area (Å²) in [5.74, 6) is -0.0768. The van der Waals surface area contributed by atoms with Gasteiger partial charge in [0.2, 0.25) is 5.43 Å². The van der Waals surface area contributed by atoms with Crippen LogP contribution in [0, 0.1) is 6.92 Å². The number of benzene rings is 2. The summed E-state index contributed by atoms with van der Waals surface area (Å²) in [5.41, 5.74) is 2.88. The summed E-state index contributed by atoms with van der Waals surface area (Å²) >= 11 is 1.48. The zero-order valence-corrected chi connectivity index (χ0v) is 15.5. The van der Waals surface area contributed by atoms with Crippen molar-refractivity contribution in [3.8, 4) is 27.6 Å². The lowest BCUT2D eigenvalue weighted by Gasteiger charge is -2.07. The number of rotatable bonds is 3. The molecule has 2 heterocycles. The molecule has 27 heavy (non-hydrogen) atoms. The second-order valence-corrected chi connectivity index (χ2v) is 6.95. The molecule has 5 nitrogen and oxygen atoms in total. The average molecular weight is 377 g/mol. The van der Waals surface area contributed by atoms with Crippen LogP contribution < -0.4 is 10.2 Å². The van der Waals surface area contributed by atoms with E-state index < -0.39 is 5.97 Å². The Hall–Kier alpha value is -3.25. The molecule has 0 saturated carbocycles. The third kappa shape index (κ3) is 3.27. The molecule has 0 fully saturated rings. The Bertz CT molecular complexity index is 1210. The minimum Gasteiger partial charge on any atom is -0.463 e. The normalized spacial score (nSPS) is 10.9. The minimum atomic E-state index is -0.427. The molecule has 0 N–H and O–H groups in total. The van der Waals surface area contributed by atoms with Crippen LogP contribution in [0.2, 0.25) is 0 Å². The number of aryl methyl sites for hydroxylation is 1. The first-order valence-corrected chi connectivity index (χ1v) is 9.17. The molecule has 4 aromatic rings. The molecule has 0 aliphatic carbocycles. The van der Waals surface area contributed by atoms with E-state index in [9.17, 15) is 9.59 Å². The summed E-state index contributed by atoms with van der Waals surface area (Å²) in [6.45, 7) is 3.11. The number of esters is 1. The highest BCUT2D eigenvalue weighted by atomic mass is 32.1. The Morgan fingerprint density at radius 2 is 1.96 bits per heavy atom. The molecule has 0 aliphatic heterocycles. The van der Waals surface area contributed by atoms with E-state index in [0.717, 1.165) is 10.6 Å². The van der Waals surface area contributed by atoms with Gasteiger partial charge in [-0.3, -0.25) is 9.59 Å². The Balaban J connectivity index is 1.81. The Kier molecular flexibility index (Phi) is 4.33. The van der Waals surface area contributed by atoms with Crippen LogP contribution in [0.5, 0.6) is 5.75 Å². The number of hydrogen-bond acceptors (Lipinski definition) is 6. The van der Waals surface area contributed by atoms with Gasteiger partial charge in [-0.1, -0.05) is 30.3 Å². The number of ether oxygens (including phenoxy) is 1. The maximum absolute atomic E-state index is 13.0. The van der Waals surface area contributed by atoms with Crippen LogP contribution in [0.25, 0.3) is 32.8 Å². The predicted molar refractivity (Wildman–Crippen MR) is 105 cm³/mol. The van der Waals surface area contributed by atoms with Gasteiger partial charge in [0.1, 0.15) is 22.6 Å². The van der Waals surface area contributed by atoms with Crippen molar-refractivity contribution >= 4 is 28.3 Å². The summed E-state index contributed by atoms with van der Waals surface area (Å²) in [7, 11) is 0. The first-order chi connectivity index (χ1) is 13.0. The van der Waals surface area contributed by atoms with E-state index in [2.05, 4.69) is 4.98 Å². The fraction of sp³-hybridized carbons (Fsp3) is 0.0952. The van der Waals surface area contributed by atoms with Crippen molar-refractivity contribution in [2.75, 3.05) is 0 Å². The number of nitrogens with zero attached hydrogens (tertiary/aromatic N) is 1. The number of thiazole rings is 1. The van der Waals surface area contributed by atoms with Crippen molar-refractivity contribution in [2.24, 2.45) is 0 Å². The first-order valence-electron chi connectivity index (χ1n) is 8.29. The number of aromatic nitrogens is 1. The van der Waals surface area contributed by atoms with E-state index in [1.165, 1.54) is 24.5 Å². The van der Waals surface area contributed by atoms with Crippen molar-refractivity contribution in [2.45, 2.75) is 13.8 Å². The zero-order chi connectivity index (χ0) is 19.0. The smallest absolute Gasteiger partial charge is 0.308 e. The van der Waals surface area contributed by atoms with Crippen LogP contribution in [-0.4, -0.2) is 11.0 Å². The molecule has 134 valence electrons. The highest BCUT2D eigenvalue weighted by Crippen LogP contribution is 2.30. The largest absolute Gasteiger partial charge is 0.463 e. The molecule has 2 aromatic heterocycles. The summed E-state index contributed by atoms with van der Waals surface area (Å²) in [6.07, 6.45) is 1.41. The van der Waals surface area contributed by atoms with Crippen molar-refractivity contribution in [1.82, 2.24) is 4.98 Å². The van der Waals surface area contributed by atoms with E-state index in [0.29, 0.717) is 33.5 Å². The van der Waals surface area contributed by atoms with Crippen LogP contribution in [0.1, 0.15) is 12.5 Å². The molecule has 0 bridgehead atoms. The highest BCUT2D eigenvalue weighted by Gasteiger charge is 2.16. The summed E-state index contributed by atoms with van der Waals surface area (Å²) < 4.78 is 10.8. The van der Waals surface area contributed by atoms with E-state index in [1.54, 1.807) is 19.1 Å². The molecular formula is C21H15NO4S. The zero-order valence-electron chi connectivity index (χ0n) is 14.7. The minimum absolute atomic E-state index is 0.159. The average Bonchev–Trinajstić information content (AvgIpc) is 3.11. The van der Waals surface area contributed by atoms with Crippen LogP contribution >= 0.6 is 11.3 Å². The molecule has 0 spiro atoms. The van der Waals surface area contributed by atoms with Crippen LogP contribution in [-0.2, 0) is 4.79 Å². The van der Waals surface area contributed by atoms with Crippen molar-refractivity contribution in [3.05, 3.63) is 69.9 Å².